The fourth-order valence-electron chi connectivity index (χ4n) is 3.12. The first-order chi connectivity index (χ1) is 10.4. The summed E-state index contributed by atoms with van der Waals surface area (Å²) in [5.41, 5.74) is 6.11. The van der Waals surface area contributed by atoms with Crippen LogP contribution in [0.1, 0.15) is 18.9 Å². The number of anilines is 1. The molecule has 1 aromatic carbocycles. The first-order valence-corrected chi connectivity index (χ1v) is 7.17. The van der Waals surface area contributed by atoms with E-state index in [1.165, 1.54) is 18.5 Å². The molecule has 1 aliphatic rings. The van der Waals surface area contributed by atoms with Gasteiger partial charge >= 0.3 is 6.18 Å². The standard InChI is InChI=1S/C15H17F3N4/c1-9-6-10(19)8-22(7-9)12-3-2-11(15(16,17)18)13-14(12)21-5-4-20-13/h2-5,9-10H,6-8,19H2,1H3/t9-,10+/m0/s1. The van der Waals surface area contributed by atoms with Crippen molar-refractivity contribution >= 4 is 16.7 Å². The number of alkyl halides is 3. The van der Waals surface area contributed by atoms with Crippen LogP contribution in [0.5, 0.6) is 0 Å². The maximum absolute atomic E-state index is 13.1. The van der Waals surface area contributed by atoms with Gasteiger partial charge in [0.25, 0.3) is 0 Å². The fraction of sp³-hybridized carbons (Fsp3) is 0.467. The maximum Gasteiger partial charge on any atom is 0.418 e. The molecule has 4 nitrogen and oxygen atoms in total. The van der Waals surface area contributed by atoms with E-state index in [0.29, 0.717) is 18.2 Å². The van der Waals surface area contributed by atoms with E-state index in [1.54, 1.807) is 0 Å². The number of hydrogen-bond donors (Lipinski definition) is 1. The number of aromatic nitrogens is 2. The van der Waals surface area contributed by atoms with Crippen molar-refractivity contribution < 1.29 is 13.2 Å². The summed E-state index contributed by atoms with van der Waals surface area (Å²) in [6.07, 6.45) is -0.829. The van der Waals surface area contributed by atoms with Gasteiger partial charge in [0.05, 0.1) is 11.3 Å². The van der Waals surface area contributed by atoms with E-state index < -0.39 is 11.7 Å². The third-order valence-corrected chi connectivity index (χ3v) is 3.94. The first kappa shape index (κ1) is 15.0. The molecule has 0 bridgehead atoms. The van der Waals surface area contributed by atoms with Gasteiger partial charge in [0.15, 0.2) is 0 Å². The highest BCUT2D eigenvalue weighted by Crippen LogP contribution is 2.37. The van der Waals surface area contributed by atoms with Crippen molar-refractivity contribution in [1.29, 1.82) is 0 Å². The third kappa shape index (κ3) is 2.72. The Hall–Kier alpha value is -1.89. The molecule has 118 valence electrons. The van der Waals surface area contributed by atoms with Gasteiger partial charge in [-0.05, 0) is 24.5 Å². The molecule has 0 radical (unpaired) electrons. The van der Waals surface area contributed by atoms with Crippen LogP contribution in [0, 0.1) is 5.92 Å². The second-order valence-corrected chi connectivity index (χ2v) is 5.89. The fourth-order valence-corrected chi connectivity index (χ4v) is 3.12. The Morgan fingerprint density at radius 1 is 1.14 bits per heavy atom. The van der Waals surface area contributed by atoms with Crippen LogP contribution in [0.3, 0.4) is 0 Å². The molecule has 7 heteroatoms. The van der Waals surface area contributed by atoms with Gasteiger partial charge in [-0.15, -0.1) is 0 Å². The second kappa shape index (κ2) is 5.39. The molecule has 2 aromatic rings. The minimum absolute atomic E-state index is 0.0118. The van der Waals surface area contributed by atoms with Gasteiger partial charge < -0.3 is 10.6 Å². The number of piperidine rings is 1. The SMILES string of the molecule is C[C@H]1C[C@@H](N)CN(c2ccc(C(F)(F)F)c3nccnc23)C1. The molecule has 0 unspecified atom stereocenters. The van der Waals surface area contributed by atoms with Crippen LogP contribution in [0.4, 0.5) is 18.9 Å². The van der Waals surface area contributed by atoms with Gasteiger partial charge in [-0.1, -0.05) is 6.92 Å². The summed E-state index contributed by atoms with van der Waals surface area (Å²) >= 11 is 0. The summed E-state index contributed by atoms with van der Waals surface area (Å²) in [6, 6.07) is 2.57. The molecule has 2 heterocycles. The highest BCUT2D eigenvalue weighted by molar-refractivity contribution is 5.90. The van der Waals surface area contributed by atoms with Gasteiger partial charge in [0, 0.05) is 31.5 Å². The predicted octanol–water partition coefficient (Wildman–Crippen LogP) is 2.82. The molecule has 2 N–H and O–H groups in total. The summed E-state index contributed by atoms with van der Waals surface area (Å²) in [6.45, 7) is 3.45. The molecule has 1 aliphatic heterocycles. The molecule has 1 saturated heterocycles. The molecule has 2 atom stereocenters. The smallest absolute Gasteiger partial charge is 0.368 e. The van der Waals surface area contributed by atoms with Crippen molar-refractivity contribution in [2.24, 2.45) is 11.7 Å². The molecule has 22 heavy (non-hydrogen) atoms. The van der Waals surface area contributed by atoms with E-state index in [9.17, 15) is 13.2 Å². The van der Waals surface area contributed by atoms with Crippen LogP contribution < -0.4 is 10.6 Å². The summed E-state index contributed by atoms with van der Waals surface area (Å²) < 4.78 is 39.3. The topological polar surface area (TPSA) is 55.0 Å². The summed E-state index contributed by atoms with van der Waals surface area (Å²) in [5, 5.41) is 0. The van der Waals surface area contributed by atoms with Gasteiger partial charge in [0.1, 0.15) is 11.0 Å². The number of hydrogen-bond acceptors (Lipinski definition) is 4. The zero-order valence-corrected chi connectivity index (χ0v) is 12.1. The lowest BCUT2D eigenvalue weighted by Crippen LogP contribution is -2.46. The zero-order valence-electron chi connectivity index (χ0n) is 12.1. The van der Waals surface area contributed by atoms with Gasteiger partial charge in [-0.25, -0.2) is 0 Å². The van der Waals surface area contributed by atoms with E-state index in [2.05, 4.69) is 16.9 Å². The second-order valence-electron chi connectivity index (χ2n) is 5.89. The molecule has 0 spiro atoms. The number of benzene rings is 1. The lowest BCUT2D eigenvalue weighted by atomic mass is 9.95. The summed E-state index contributed by atoms with van der Waals surface area (Å²) in [4.78, 5) is 10.0. The molecule has 0 amide bonds. The molecule has 3 rings (SSSR count). The maximum atomic E-state index is 13.1. The molecule has 1 fully saturated rings. The molecular formula is C15H17F3N4. The summed E-state index contributed by atoms with van der Waals surface area (Å²) in [7, 11) is 0. The number of rotatable bonds is 1. The number of halogens is 3. The van der Waals surface area contributed by atoms with Gasteiger partial charge in [-0.2, -0.15) is 13.2 Å². The molecular weight excluding hydrogens is 293 g/mol. The Morgan fingerprint density at radius 3 is 2.45 bits per heavy atom. The van der Waals surface area contributed by atoms with Crippen molar-refractivity contribution in [3.63, 3.8) is 0 Å². The average molecular weight is 310 g/mol. The van der Waals surface area contributed by atoms with E-state index in [1.807, 2.05) is 4.90 Å². The van der Waals surface area contributed by atoms with E-state index in [4.69, 9.17) is 5.73 Å². The number of fused-ring (bicyclic) bond motifs is 1. The van der Waals surface area contributed by atoms with Crippen LogP contribution in [0.15, 0.2) is 24.5 Å². The molecule has 0 saturated carbocycles. The van der Waals surface area contributed by atoms with E-state index in [0.717, 1.165) is 19.0 Å². The summed E-state index contributed by atoms with van der Waals surface area (Å²) in [5.74, 6) is 0.387. The van der Waals surface area contributed by atoms with Gasteiger partial charge in [0.2, 0.25) is 0 Å². The van der Waals surface area contributed by atoms with Crippen molar-refractivity contribution in [2.75, 3.05) is 18.0 Å². The van der Waals surface area contributed by atoms with Crippen LogP contribution in [-0.4, -0.2) is 29.1 Å². The van der Waals surface area contributed by atoms with E-state index >= 15 is 0 Å². The number of nitrogens with zero attached hydrogens (tertiary/aromatic N) is 3. The molecule has 0 aliphatic carbocycles. The van der Waals surface area contributed by atoms with Crippen LogP contribution >= 0.6 is 0 Å². The first-order valence-electron chi connectivity index (χ1n) is 7.17. The normalized spacial score (nSPS) is 23.0. The van der Waals surface area contributed by atoms with Crippen LogP contribution in [-0.2, 0) is 6.18 Å². The predicted molar refractivity (Wildman–Crippen MR) is 78.5 cm³/mol. The Kier molecular flexibility index (Phi) is 3.68. The largest absolute Gasteiger partial charge is 0.418 e. The Bertz CT molecular complexity index is 676. The number of nitrogens with two attached hydrogens (primary N) is 1. The van der Waals surface area contributed by atoms with Crippen molar-refractivity contribution in [2.45, 2.75) is 25.6 Å². The van der Waals surface area contributed by atoms with Crippen LogP contribution in [0.2, 0.25) is 0 Å². The lowest BCUT2D eigenvalue weighted by molar-refractivity contribution is -0.136. The Balaban J connectivity index is 2.12. The monoisotopic (exact) mass is 310 g/mol. The zero-order chi connectivity index (χ0) is 15.9. The van der Waals surface area contributed by atoms with E-state index in [-0.39, 0.29) is 17.1 Å². The lowest BCUT2D eigenvalue weighted by Gasteiger charge is -2.36. The Labute approximate surface area is 126 Å². The quantitative estimate of drug-likeness (QED) is 0.880. The highest BCUT2D eigenvalue weighted by Gasteiger charge is 2.35. The highest BCUT2D eigenvalue weighted by atomic mass is 19.4. The van der Waals surface area contributed by atoms with Crippen molar-refractivity contribution in [3.05, 3.63) is 30.1 Å². The minimum Gasteiger partial charge on any atom is -0.368 e. The van der Waals surface area contributed by atoms with Gasteiger partial charge in [-0.3, -0.25) is 9.97 Å². The molecule has 1 aromatic heterocycles. The third-order valence-electron chi connectivity index (χ3n) is 3.94. The average Bonchev–Trinajstić information content (AvgIpc) is 2.44. The van der Waals surface area contributed by atoms with Crippen molar-refractivity contribution in [1.82, 2.24) is 9.97 Å². The van der Waals surface area contributed by atoms with Crippen molar-refractivity contribution in [3.8, 4) is 0 Å². The minimum atomic E-state index is -4.45. The van der Waals surface area contributed by atoms with Crippen LogP contribution in [0.25, 0.3) is 11.0 Å². The Morgan fingerprint density at radius 2 is 1.82 bits per heavy atom.